The summed E-state index contributed by atoms with van der Waals surface area (Å²) in [5.74, 6) is -0.129. The van der Waals surface area contributed by atoms with Crippen LogP contribution in [-0.4, -0.2) is 15.7 Å². The van der Waals surface area contributed by atoms with Crippen molar-refractivity contribution in [2.24, 2.45) is 0 Å². The molecule has 0 saturated heterocycles. The Balaban J connectivity index is 2.64. The largest absolute Gasteiger partial charge is 0.320 e. The number of hydrogen-bond acceptors (Lipinski definition) is 2. The predicted octanol–water partition coefficient (Wildman–Crippen LogP) is 1.98. The van der Waals surface area contributed by atoms with E-state index in [2.05, 4.69) is 10.4 Å². The molecule has 1 aromatic rings. The minimum absolute atomic E-state index is 0.129. The highest BCUT2D eigenvalue weighted by molar-refractivity contribution is 5.98. The molecular weight excluding hydrogens is 178 g/mol. The van der Waals surface area contributed by atoms with Gasteiger partial charge in [-0.1, -0.05) is 6.08 Å². The fourth-order valence-electron chi connectivity index (χ4n) is 1.02. The van der Waals surface area contributed by atoms with E-state index < -0.39 is 0 Å². The summed E-state index contributed by atoms with van der Waals surface area (Å²) in [4.78, 5) is 11.2. The van der Waals surface area contributed by atoms with Gasteiger partial charge in [0.2, 0.25) is 5.91 Å². The Labute approximate surface area is 83.6 Å². The smallest absolute Gasteiger partial charge is 0.248 e. The van der Waals surface area contributed by atoms with Crippen LogP contribution in [0.2, 0.25) is 0 Å². The highest BCUT2D eigenvalue weighted by Crippen LogP contribution is 2.09. The SMILES string of the molecule is CC=CC(=O)Nc1cnn(C(C)C)c1. The molecule has 14 heavy (non-hydrogen) atoms. The van der Waals surface area contributed by atoms with Gasteiger partial charge in [0.1, 0.15) is 0 Å². The van der Waals surface area contributed by atoms with Crippen LogP contribution in [0.4, 0.5) is 5.69 Å². The maximum absolute atomic E-state index is 11.2. The highest BCUT2D eigenvalue weighted by atomic mass is 16.1. The first-order valence-electron chi connectivity index (χ1n) is 4.61. The first-order valence-corrected chi connectivity index (χ1v) is 4.61. The van der Waals surface area contributed by atoms with E-state index in [9.17, 15) is 4.79 Å². The molecule has 1 aromatic heterocycles. The lowest BCUT2D eigenvalue weighted by Crippen LogP contribution is -2.07. The lowest BCUT2D eigenvalue weighted by atomic mass is 10.4. The Morgan fingerprint density at radius 2 is 2.36 bits per heavy atom. The van der Waals surface area contributed by atoms with Crippen LogP contribution in [0.5, 0.6) is 0 Å². The van der Waals surface area contributed by atoms with E-state index in [-0.39, 0.29) is 5.91 Å². The number of carbonyl (C=O) groups excluding carboxylic acids is 1. The zero-order chi connectivity index (χ0) is 10.6. The molecule has 0 aliphatic heterocycles. The summed E-state index contributed by atoms with van der Waals surface area (Å²) < 4.78 is 1.80. The van der Waals surface area contributed by atoms with Crippen LogP contribution in [0, 0.1) is 0 Å². The molecule has 0 spiro atoms. The number of nitrogens with one attached hydrogen (secondary N) is 1. The third-order valence-electron chi connectivity index (χ3n) is 1.72. The molecule has 1 amide bonds. The minimum Gasteiger partial charge on any atom is -0.320 e. The quantitative estimate of drug-likeness (QED) is 0.746. The van der Waals surface area contributed by atoms with Gasteiger partial charge in [-0.15, -0.1) is 0 Å². The van der Waals surface area contributed by atoms with Gasteiger partial charge in [0.05, 0.1) is 11.9 Å². The molecule has 0 atom stereocenters. The van der Waals surface area contributed by atoms with E-state index in [1.165, 1.54) is 6.08 Å². The zero-order valence-corrected chi connectivity index (χ0v) is 8.69. The van der Waals surface area contributed by atoms with Crippen molar-refractivity contribution in [3.05, 3.63) is 24.5 Å². The summed E-state index contributed by atoms with van der Waals surface area (Å²) in [5.41, 5.74) is 0.724. The van der Waals surface area contributed by atoms with E-state index >= 15 is 0 Å². The Kier molecular flexibility index (Phi) is 3.45. The van der Waals surface area contributed by atoms with Gasteiger partial charge in [0.15, 0.2) is 0 Å². The second kappa shape index (κ2) is 4.60. The van der Waals surface area contributed by atoms with Crippen molar-refractivity contribution in [2.45, 2.75) is 26.8 Å². The molecule has 0 fully saturated rings. The van der Waals surface area contributed by atoms with Crippen molar-refractivity contribution < 1.29 is 4.79 Å². The summed E-state index contributed by atoms with van der Waals surface area (Å²) >= 11 is 0. The molecule has 76 valence electrons. The van der Waals surface area contributed by atoms with Crippen molar-refractivity contribution in [1.29, 1.82) is 0 Å². The first kappa shape index (κ1) is 10.5. The Morgan fingerprint density at radius 3 is 2.86 bits per heavy atom. The summed E-state index contributed by atoms with van der Waals surface area (Å²) in [7, 11) is 0. The van der Waals surface area contributed by atoms with Crippen LogP contribution in [0.25, 0.3) is 0 Å². The first-order chi connectivity index (χ1) is 6.63. The van der Waals surface area contributed by atoms with Crippen molar-refractivity contribution >= 4 is 11.6 Å². The number of aromatic nitrogens is 2. The number of allylic oxidation sites excluding steroid dienone is 1. The Hall–Kier alpha value is -1.58. The summed E-state index contributed by atoms with van der Waals surface area (Å²) in [6.07, 6.45) is 6.63. The molecule has 4 heteroatoms. The van der Waals surface area contributed by atoms with Gasteiger partial charge < -0.3 is 5.32 Å². The number of anilines is 1. The van der Waals surface area contributed by atoms with Crippen molar-refractivity contribution in [3.8, 4) is 0 Å². The fraction of sp³-hybridized carbons (Fsp3) is 0.400. The van der Waals surface area contributed by atoms with E-state index in [1.54, 1.807) is 23.9 Å². The van der Waals surface area contributed by atoms with Gasteiger partial charge in [-0.3, -0.25) is 9.48 Å². The Bertz CT molecular complexity index is 339. The zero-order valence-electron chi connectivity index (χ0n) is 8.69. The molecule has 0 saturated carbocycles. The van der Waals surface area contributed by atoms with Gasteiger partial charge in [-0.2, -0.15) is 5.10 Å². The molecule has 0 aliphatic rings. The summed E-state index contributed by atoms with van der Waals surface area (Å²) in [5, 5.41) is 6.82. The molecule has 0 radical (unpaired) electrons. The van der Waals surface area contributed by atoms with Crippen LogP contribution in [0.15, 0.2) is 24.5 Å². The van der Waals surface area contributed by atoms with Crippen molar-refractivity contribution in [1.82, 2.24) is 9.78 Å². The van der Waals surface area contributed by atoms with E-state index in [4.69, 9.17) is 0 Å². The average molecular weight is 193 g/mol. The second-order valence-corrected chi connectivity index (χ2v) is 3.29. The third-order valence-corrected chi connectivity index (χ3v) is 1.72. The van der Waals surface area contributed by atoms with E-state index in [0.717, 1.165) is 5.69 Å². The molecule has 0 aliphatic carbocycles. The van der Waals surface area contributed by atoms with Crippen LogP contribution in [0.1, 0.15) is 26.8 Å². The molecule has 0 bridgehead atoms. The highest BCUT2D eigenvalue weighted by Gasteiger charge is 2.02. The normalized spacial score (nSPS) is 11.1. The minimum atomic E-state index is -0.129. The monoisotopic (exact) mass is 193 g/mol. The molecule has 1 heterocycles. The van der Waals surface area contributed by atoms with Crippen LogP contribution in [-0.2, 0) is 4.79 Å². The van der Waals surface area contributed by atoms with Gasteiger partial charge in [-0.25, -0.2) is 0 Å². The van der Waals surface area contributed by atoms with E-state index in [1.807, 2.05) is 20.0 Å². The standard InChI is InChI=1S/C10H15N3O/c1-4-5-10(14)12-9-6-11-13(7-9)8(2)3/h4-8H,1-3H3,(H,12,14). The topological polar surface area (TPSA) is 46.9 Å². The third kappa shape index (κ3) is 2.73. The maximum Gasteiger partial charge on any atom is 0.248 e. The van der Waals surface area contributed by atoms with Gasteiger partial charge in [-0.05, 0) is 26.8 Å². The lowest BCUT2D eigenvalue weighted by molar-refractivity contribution is -0.111. The van der Waals surface area contributed by atoms with Gasteiger partial charge in [0, 0.05) is 12.2 Å². The molecule has 1 N–H and O–H groups in total. The van der Waals surface area contributed by atoms with Crippen LogP contribution >= 0.6 is 0 Å². The molecule has 0 aromatic carbocycles. The second-order valence-electron chi connectivity index (χ2n) is 3.29. The molecule has 0 unspecified atom stereocenters. The number of nitrogens with zero attached hydrogens (tertiary/aromatic N) is 2. The summed E-state index contributed by atoms with van der Waals surface area (Å²) in [6, 6.07) is 0.308. The van der Waals surface area contributed by atoms with Gasteiger partial charge in [0.25, 0.3) is 0 Å². The van der Waals surface area contributed by atoms with Crippen molar-refractivity contribution in [3.63, 3.8) is 0 Å². The molecular formula is C10H15N3O. The summed E-state index contributed by atoms with van der Waals surface area (Å²) in [6.45, 7) is 5.87. The predicted molar refractivity (Wildman–Crippen MR) is 56.1 cm³/mol. The number of hydrogen-bond donors (Lipinski definition) is 1. The average Bonchev–Trinajstić information content (AvgIpc) is 2.53. The maximum atomic E-state index is 11.2. The van der Waals surface area contributed by atoms with E-state index in [0.29, 0.717) is 6.04 Å². The molecule has 4 nitrogen and oxygen atoms in total. The number of amides is 1. The fourth-order valence-corrected chi connectivity index (χ4v) is 1.02. The molecule has 1 rings (SSSR count). The number of carbonyl (C=O) groups is 1. The van der Waals surface area contributed by atoms with Gasteiger partial charge >= 0.3 is 0 Å². The van der Waals surface area contributed by atoms with Crippen LogP contribution < -0.4 is 5.32 Å². The lowest BCUT2D eigenvalue weighted by Gasteiger charge is -2.02. The van der Waals surface area contributed by atoms with Crippen molar-refractivity contribution in [2.75, 3.05) is 5.32 Å². The van der Waals surface area contributed by atoms with Crippen LogP contribution in [0.3, 0.4) is 0 Å². The Morgan fingerprint density at radius 1 is 1.64 bits per heavy atom. The number of rotatable bonds is 3.